The van der Waals surface area contributed by atoms with Crippen molar-refractivity contribution in [3.8, 4) is 0 Å². The van der Waals surface area contributed by atoms with Crippen LogP contribution in [0.3, 0.4) is 0 Å². The second-order valence-electron chi connectivity index (χ2n) is 8.18. The molecule has 3 N–H and O–H groups in total. The van der Waals surface area contributed by atoms with E-state index in [0.717, 1.165) is 25.6 Å². The summed E-state index contributed by atoms with van der Waals surface area (Å²) in [4.78, 5) is 38.6. The van der Waals surface area contributed by atoms with Crippen LogP contribution in [-0.2, 0) is 9.59 Å². The van der Waals surface area contributed by atoms with Gasteiger partial charge in [-0.3, -0.25) is 19.8 Å². The Morgan fingerprint density at radius 3 is 2.11 bits per heavy atom. The monoisotopic (exact) mass is 596 g/mol. The highest BCUT2D eigenvalue weighted by atomic mass is 79.9. The lowest BCUT2D eigenvalue weighted by atomic mass is 10.1. The van der Waals surface area contributed by atoms with E-state index in [9.17, 15) is 14.4 Å². The molecule has 0 saturated heterocycles. The summed E-state index contributed by atoms with van der Waals surface area (Å²) in [6.45, 7) is 5.84. The molecule has 0 radical (unpaired) electrons. The maximum absolute atomic E-state index is 13.2. The molecule has 0 unspecified atom stereocenters. The van der Waals surface area contributed by atoms with Crippen LogP contribution in [-0.4, -0.2) is 22.4 Å². The lowest BCUT2D eigenvalue weighted by molar-refractivity contribution is -0.133. The average Bonchev–Trinajstić information content (AvgIpc) is 3.16. The molecular formula is C26H22Br2N4O3. The summed E-state index contributed by atoms with van der Waals surface area (Å²) in [5.41, 5.74) is 7.50. The number of aromatic nitrogens is 1. The van der Waals surface area contributed by atoms with E-state index in [4.69, 9.17) is 0 Å². The molecule has 7 nitrogen and oxygen atoms in total. The van der Waals surface area contributed by atoms with Crippen LogP contribution < -0.4 is 16.1 Å². The number of nitrogens with one attached hydrogen (secondary N) is 3. The molecule has 9 heteroatoms. The van der Waals surface area contributed by atoms with E-state index in [1.165, 1.54) is 4.68 Å². The molecule has 3 aromatic carbocycles. The zero-order valence-electron chi connectivity index (χ0n) is 19.2. The van der Waals surface area contributed by atoms with Crippen LogP contribution in [0.4, 0.5) is 11.4 Å². The summed E-state index contributed by atoms with van der Waals surface area (Å²) in [7, 11) is 0. The first-order valence-corrected chi connectivity index (χ1v) is 12.3. The van der Waals surface area contributed by atoms with Crippen LogP contribution in [0.5, 0.6) is 0 Å². The number of nitrogens with zero attached hydrogens (tertiary/aromatic N) is 1. The number of anilines is 2. The summed E-state index contributed by atoms with van der Waals surface area (Å²) in [6, 6.07) is 17.9. The van der Waals surface area contributed by atoms with Crippen LogP contribution >= 0.6 is 31.9 Å². The number of aryl methyl sites for hydroxylation is 3. The van der Waals surface area contributed by atoms with E-state index in [-0.39, 0.29) is 5.69 Å². The van der Waals surface area contributed by atoms with Gasteiger partial charge in [-0.25, -0.2) is 4.68 Å². The Labute approximate surface area is 219 Å². The minimum absolute atomic E-state index is 0.178. The third kappa shape index (κ3) is 5.47. The maximum Gasteiger partial charge on any atom is 0.328 e. The van der Waals surface area contributed by atoms with Crippen molar-refractivity contribution in [1.82, 2.24) is 4.68 Å². The molecule has 0 spiro atoms. The number of rotatable bonds is 4. The molecule has 0 fully saturated rings. The fraction of sp³-hybridized carbons (Fsp3) is 0.115. The third-order valence-electron chi connectivity index (χ3n) is 5.60. The van der Waals surface area contributed by atoms with Gasteiger partial charge in [0.05, 0.1) is 5.52 Å². The van der Waals surface area contributed by atoms with Crippen LogP contribution in [0, 0.1) is 20.8 Å². The van der Waals surface area contributed by atoms with Gasteiger partial charge in [0, 0.05) is 25.7 Å². The Hall–Kier alpha value is -3.43. The van der Waals surface area contributed by atoms with Gasteiger partial charge in [0.25, 0.3) is 5.91 Å². The minimum Gasteiger partial charge on any atom is -0.321 e. The van der Waals surface area contributed by atoms with Crippen molar-refractivity contribution in [3.63, 3.8) is 0 Å². The van der Waals surface area contributed by atoms with Crippen molar-refractivity contribution in [3.05, 3.63) is 92.0 Å². The molecule has 0 atom stereocenters. The lowest BCUT2D eigenvalue weighted by Gasteiger charge is -2.13. The molecule has 178 valence electrons. The molecule has 0 bridgehead atoms. The number of fused-ring (bicyclic) bond motifs is 1. The van der Waals surface area contributed by atoms with Crippen molar-refractivity contribution >= 4 is 71.9 Å². The number of benzene rings is 3. The van der Waals surface area contributed by atoms with E-state index in [0.29, 0.717) is 22.3 Å². The smallest absolute Gasteiger partial charge is 0.321 e. The second-order valence-corrected chi connectivity index (χ2v) is 9.95. The molecule has 0 aliphatic heterocycles. The molecular weight excluding hydrogens is 576 g/mol. The molecule has 0 saturated carbocycles. The molecule has 1 aromatic heterocycles. The summed E-state index contributed by atoms with van der Waals surface area (Å²) in [6.07, 6.45) is 0. The zero-order valence-corrected chi connectivity index (χ0v) is 22.4. The molecule has 1 heterocycles. The average molecular weight is 598 g/mol. The van der Waals surface area contributed by atoms with E-state index in [1.807, 2.05) is 45.0 Å². The summed E-state index contributed by atoms with van der Waals surface area (Å²) < 4.78 is 3.04. The summed E-state index contributed by atoms with van der Waals surface area (Å²) >= 11 is 6.84. The Morgan fingerprint density at radius 2 is 1.40 bits per heavy atom. The SMILES string of the molecule is Cc1ccc(NC(=O)c2cc3cc(Br)ccc3n2NC(=O)C(=O)Nc2ccc(Br)c(C)c2)cc1C. The first-order chi connectivity index (χ1) is 16.6. The highest BCUT2D eigenvalue weighted by Crippen LogP contribution is 2.25. The first kappa shape index (κ1) is 24.7. The van der Waals surface area contributed by atoms with E-state index in [2.05, 4.69) is 47.9 Å². The van der Waals surface area contributed by atoms with Gasteiger partial charge in [0.2, 0.25) is 0 Å². The molecule has 0 aliphatic rings. The second kappa shape index (κ2) is 10.1. The normalized spacial score (nSPS) is 10.8. The third-order valence-corrected chi connectivity index (χ3v) is 6.98. The number of halogens is 2. The quantitative estimate of drug-likeness (QED) is 0.250. The van der Waals surface area contributed by atoms with Gasteiger partial charge in [-0.2, -0.15) is 0 Å². The fourth-order valence-corrected chi connectivity index (χ4v) is 4.18. The van der Waals surface area contributed by atoms with E-state index >= 15 is 0 Å². The Kier molecular flexibility index (Phi) is 7.09. The van der Waals surface area contributed by atoms with E-state index in [1.54, 1.807) is 36.4 Å². The van der Waals surface area contributed by atoms with Gasteiger partial charge >= 0.3 is 11.8 Å². The highest BCUT2D eigenvalue weighted by Gasteiger charge is 2.21. The van der Waals surface area contributed by atoms with Crippen molar-refractivity contribution in [2.24, 2.45) is 0 Å². The molecule has 4 aromatic rings. The maximum atomic E-state index is 13.2. The minimum atomic E-state index is -0.911. The predicted octanol–water partition coefficient (Wildman–Crippen LogP) is 6.05. The van der Waals surface area contributed by atoms with Gasteiger partial charge in [-0.15, -0.1) is 0 Å². The topological polar surface area (TPSA) is 92.2 Å². The van der Waals surface area contributed by atoms with Gasteiger partial charge in [-0.1, -0.05) is 37.9 Å². The van der Waals surface area contributed by atoms with Gasteiger partial charge in [0.1, 0.15) is 5.69 Å². The summed E-state index contributed by atoms with van der Waals surface area (Å²) in [5.74, 6) is -2.19. The fourth-order valence-electron chi connectivity index (χ4n) is 3.55. The van der Waals surface area contributed by atoms with Crippen LogP contribution in [0.25, 0.3) is 10.9 Å². The molecule has 35 heavy (non-hydrogen) atoms. The number of hydrogen-bond donors (Lipinski definition) is 3. The van der Waals surface area contributed by atoms with E-state index < -0.39 is 17.7 Å². The molecule has 4 rings (SSSR count). The lowest BCUT2D eigenvalue weighted by Crippen LogP contribution is -2.36. The predicted molar refractivity (Wildman–Crippen MR) is 145 cm³/mol. The Balaban J connectivity index is 1.62. The number of carbonyl (C=O) groups is 3. The van der Waals surface area contributed by atoms with Gasteiger partial charge < -0.3 is 10.6 Å². The highest BCUT2D eigenvalue weighted by molar-refractivity contribution is 9.10. The van der Waals surface area contributed by atoms with Crippen LogP contribution in [0.15, 0.2) is 69.6 Å². The zero-order chi connectivity index (χ0) is 25.3. The Bertz CT molecular complexity index is 1490. The van der Waals surface area contributed by atoms with Crippen LogP contribution in [0.2, 0.25) is 0 Å². The number of carbonyl (C=O) groups excluding carboxylic acids is 3. The summed E-state index contributed by atoms with van der Waals surface area (Å²) in [5, 5.41) is 6.17. The van der Waals surface area contributed by atoms with Crippen molar-refractivity contribution in [2.75, 3.05) is 16.1 Å². The number of amides is 3. The van der Waals surface area contributed by atoms with Gasteiger partial charge in [0.15, 0.2) is 0 Å². The largest absolute Gasteiger partial charge is 0.328 e. The van der Waals surface area contributed by atoms with Crippen LogP contribution in [0.1, 0.15) is 27.2 Å². The standard InChI is InChI=1S/C26H22Br2N4O3/c1-14-4-6-19(10-15(14)2)29-24(33)23-13-17-12-18(27)5-9-22(17)32(23)31-26(35)25(34)30-20-7-8-21(28)16(3)11-20/h4-13H,1-3H3,(H,29,33)(H,30,34)(H,31,35). The number of hydrogen-bond acceptors (Lipinski definition) is 3. The molecule has 0 aliphatic carbocycles. The Morgan fingerprint density at radius 1 is 0.714 bits per heavy atom. The van der Waals surface area contributed by atoms with Crippen molar-refractivity contribution in [1.29, 1.82) is 0 Å². The van der Waals surface area contributed by atoms with Crippen molar-refractivity contribution < 1.29 is 14.4 Å². The molecule has 3 amide bonds. The van der Waals surface area contributed by atoms with Gasteiger partial charge in [-0.05, 0) is 92.1 Å². The van der Waals surface area contributed by atoms with Crippen molar-refractivity contribution in [2.45, 2.75) is 20.8 Å². The first-order valence-electron chi connectivity index (χ1n) is 10.7.